The molecule has 2 aromatic carbocycles. The average Bonchev–Trinajstić information content (AvgIpc) is 2.61. The minimum atomic E-state index is -0.940. The molecular formula is C20H18N2O3. The Balaban J connectivity index is 1.90. The molecule has 5 heteroatoms. The third kappa shape index (κ3) is 5.33. The second-order valence-electron chi connectivity index (χ2n) is 5.45. The fourth-order valence-electron chi connectivity index (χ4n) is 2.07. The van der Waals surface area contributed by atoms with Crippen LogP contribution in [0, 0.1) is 18.3 Å². The maximum Gasteiger partial charge on any atom is 0.331 e. The first-order chi connectivity index (χ1) is 12.0. The van der Waals surface area contributed by atoms with Gasteiger partial charge in [-0.3, -0.25) is 4.79 Å². The third-order valence-corrected chi connectivity index (χ3v) is 3.53. The van der Waals surface area contributed by atoms with Gasteiger partial charge in [-0.15, -0.1) is 0 Å². The fraction of sp³-hybridized carbons (Fsp3) is 0.150. The van der Waals surface area contributed by atoms with Gasteiger partial charge >= 0.3 is 5.97 Å². The fourth-order valence-corrected chi connectivity index (χ4v) is 2.07. The van der Waals surface area contributed by atoms with E-state index in [1.165, 1.54) is 13.0 Å². The van der Waals surface area contributed by atoms with Crippen molar-refractivity contribution in [3.63, 3.8) is 0 Å². The number of nitrogens with one attached hydrogen (secondary N) is 1. The molecule has 2 aromatic rings. The lowest BCUT2D eigenvalue weighted by atomic mass is 10.1. The van der Waals surface area contributed by atoms with E-state index in [9.17, 15) is 9.59 Å². The molecule has 1 amide bonds. The first kappa shape index (κ1) is 18.0. The van der Waals surface area contributed by atoms with E-state index in [4.69, 9.17) is 10.00 Å². The monoisotopic (exact) mass is 334 g/mol. The summed E-state index contributed by atoms with van der Waals surface area (Å²) in [6, 6.07) is 16.0. The summed E-state index contributed by atoms with van der Waals surface area (Å²) in [7, 11) is 0. The van der Waals surface area contributed by atoms with Crippen molar-refractivity contribution in [1.29, 1.82) is 5.26 Å². The Morgan fingerprint density at radius 1 is 1.16 bits per heavy atom. The van der Waals surface area contributed by atoms with Crippen molar-refractivity contribution in [2.75, 3.05) is 5.32 Å². The summed E-state index contributed by atoms with van der Waals surface area (Å²) in [4.78, 5) is 23.9. The van der Waals surface area contributed by atoms with E-state index in [2.05, 4.69) is 5.32 Å². The van der Waals surface area contributed by atoms with Crippen LogP contribution in [0.4, 0.5) is 5.69 Å². The number of esters is 1. The van der Waals surface area contributed by atoms with E-state index in [0.29, 0.717) is 11.3 Å². The lowest BCUT2D eigenvalue weighted by Crippen LogP contribution is -2.29. The average molecular weight is 334 g/mol. The Labute approximate surface area is 146 Å². The Kier molecular flexibility index (Phi) is 6.08. The minimum Gasteiger partial charge on any atom is -0.449 e. The summed E-state index contributed by atoms with van der Waals surface area (Å²) in [5.41, 5.74) is 2.98. The molecule has 0 saturated carbocycles. The lowest BCUT2D eigenvalue weighted by molar-refractivity contribution is -0.148. The Hall–Kier alpha value is -3.39. The zero-order valence-corrected chi connectivity index (χ0v) is 14.0. The Morgan fingerprint density at radius 2 is 1.84 bits per heavy atom. The number of amides is 1. The molecule has 0 unspecified atom stereocenters. The van der Waals surface area contributed by atoms with Gasteiger partial charge in [0, 0.05) is 11.8 Å². The maximum atomic E-state index is 12.1. The first-order valence-corrected chi connectivity index (χ1v) is 7.75. The highest BCUT2D eigenvalue weighted by atomic mass is 16.5. The highest BCUT2D eigenvalue weighted by Crippen LogP contribution is 2.11. The van der Waals surface area contributed by atoms with E-state index < -0.39 is 18.0 Å². The topological polar surface area (TPSA) is 79.2 Å². The molecule has 0 radical (unpaired) electrons. The van der Waals surface area contributed by atoms with Crippen LogP contribution < -0.4 is 5.32 Å². The van der Waals surface area contributed by atoms with Crippen LogP contribution in [0.5, 0.6) is 0 Å². The smallest absolute Gasteiger partial charge is 0.331 e. The molecule has 0 spiro atoms. The second kappa shape index (κ2) is 8.46. The quantitative estimate of drug-likeness (QED) is 0.671. The summed E-state index contributed by atoms with van der Waals surface area (Å²) < 4.78 is 5.10. The SMILES string of the molecule is Cc1ccccc1/C=C/C(=O)O[C@@H](C)C(=O)Nc1ccc(C#N)cc1. The van der Waals surface area contributed by atoms with E-state index in [1.807, 2.05) is 37.3 Å². The van der Waals surface area contributed by atoms with E-state index in [0.717, 1.165) is 11.1 Å². The van der Waals surface area contributed by atoms with Crippen LogP contribution in [-0.2, 0) is 14.3 Å². The molecule has 0 aromatic heterocycles. The van der Waals surface area contributed by atoms with Crippen molar-refractivity contribution in [2.45, 2.75) is 20.0 Å². The van der Waals surface area contributed by atoms with Crippen molar-refractivity contribution < 1.29 is 14.3 Å². The predicted molar refractivity (Wildman–Crippen MR) is 95.6 cm³/mol. The van der Waals surface area contributed by atoms with E-state index >= 15 is 0 Å². The van der Waals surface area contributed by atoms with Crippen molar-refractivity contribution in [1.82, 2.24) is 0 Å². The number of nitrogens with zero attached hydrogens (tertiary/aromatic N) is 1. The second-order valence-corrected chi connectivity index (χ2v) is 5.45. The number of carbonyl (C=O) groups is 2. The number of aryl methyl sites for hydroxylation is 1. The first-order valence-electron chi connectivity index (χ1n) is 7.75. The number of rotatable bonds is 5. The Morgan fingerprint density at radius 3 is 2.48 bits per heavy atom. The van der Waals surface area contributed by atoms with Crippen molar-refractivity contribution in [3.05, 3.63) is 71.3 Å². The van der Waals surface area contributed by atoms with E-state index in [1.54, 1.807) is 30.3 Å². The molecule has 2 rings (SSSR count). The standard InChI is InChI=1S/C20H18N2O3/c1-14-5-3-4-6-17(14)9-12-19(23)25-15(2)20(24)22-18-10-7-16(13-21)8-11-18/h3-12,15H,1-2H3,(H,22,24)/b12-9+/t15-/m0/s1. The van der Waals surface area contributed by atoms with Crippen LogP contribution in [0.15, 0.2) is 54.6 Å². The molecule has 0 bridgehead atoms. The van der Waals surface area contributed by atoms with Gasteiger partial charge in [0.1, 0.15) is 0 Å². The molecule has 0 heterocycles. The largest absolute Gasteiger partial charge is 0.449 e. The van der Waals surface area contributed by atoms with Gasteiger partial charge < -0.3 is 10.1 Å². The molecule has 126 valence electrons. The van der Waals surface area contributed by atoms with Crippen LogP contribution >= 0.6 is 0 Å². The van der Waals surface area contributed by atoms with Crippen LogP contribution in [0.25, 0.3) is 6.08 Å². The number of ether oxygens (including phenoxy) is 1. The van der Waals surface area contributed by atoms with Crippen LogP contribution in [0.3, 0.4) is 0 Å². The molecule has 0 saturated heterocycles. The maximum absolute atomic E-state index is 12.1. The van der Waals surface area contributed by atoms with Gasteiger partial charge in [0.15, 0.2) is 6.10 Å². The van der Waals surface area contributed by atoms with E-state index in [-0.39, 0.29) is 0 Å². The molecule has 1 N–H and O–H groups in total. The molecule has 1 atom stereocenters. The lowest BCUT2D eigenvalue weighted by Gasteiger charge is -2.12. The van der Waals surface area contributed by atoms with Crippen molar-refractivity contribution >= 4 is 23.6 Å². The van der Waals surface area contributed by atoms with Crippen molar-refractivity contribution in [2.24, 2.45) is 0 Å². The molecule has 0 aliphatic rings. The summed E-state index contributed by atoms with van der Waals surface area (Å²) in [6.07, 6.45) is 2.01. The number of hydrogen-bond acceptors (Lipinski definition) is 4. The number of hydrogen-bond donors (Lipinski definition) is 1. The van der Waals surface area contributed by atoms with Gasteiger partial charge in [0.25, 0.3) is 5.91 Å². The number of nitriles is 1. The molecule has 0 aliphatic carbocycles. The molecule has 5 nitrogen and oxygen atoms in total. The van der Waals surface area contributed by atoms with Gasteiger partial charge in [-0.1, -0.05) is 24.3 Å². The van der Waals surface area contributed by atoms with Crippen molar-refractivity contribution in [3.8, 4) is 6.07 Å². The summed E-state index contributed by atoms with van der Waals surface area (Å²) >= 11 is 0. The number of anilines is 1. The summed E-state index contributed by atoms with van der Waals surface area (Å²) in [5, 5.41) is 11.4. The molecule has 0 aliphatic heterocycles. The number of carbonyl (C=O) groups excluding carboxylic acids is 2. The normalized spacial score (nSPS) is 11.6. The van der Waals surface area contributed by atoms with Crippen LogP contribution in [-0.4, -0.2) is 18.0 Å². The Bertz CT molecular complexity index is 833. The third-order valence-electron chi connectivity index (χ3n) is 3.53. The highest BCUT2D eigenvalue weighted by Gasteiger charge is 2.16. The van der Waals surface area contributed by atoms with Gasteiger partial charge in [0.2, 0.25) is 0 Å². The zero-order valence-electron chi connectivity index (χ0n) is 14.0. The highest BCUT2D eigenvalue weighted by molar-refractivity contribution is 5.96. The summed E-state index contributed by atoms with van der Waals surface area (Å²) in [5.74, 6) is -1.03. The van der Waals surface area contributed by atoms with Gasteiger partial charge in [-0.2, -0.15) is 5.26 Å². The summed E-state index contributed by atoms with van der Waals surface area (Å²) in [6.45, 7) is 3.44. The number of benzene rings is 2. The predicted octanol–water partition coefficient (Wildman–Crippen LogP) is 3.45. The van der Waals surface area contributed by atoms with Crippen LogP contribution in [0.1, 0.15) is 23.6 Å². The zero-order chi connectivity index (χ0) is 18.2. The molecule has 25 heavy (non-hydrogen) atoms. The minimum absolute atomic E-state index is 0.442. The van der Waals surface area contributed by atoms with Gasteiger partial charge in [-0.05, 0) is 55.3 Å². The van der Waals surface area contributed by atoms with Crippen LogP contribution in [0.2, 0.25) is 0 Å². The van der Waals surface area contributed by atoms with Gasteiger partial charge in [-0.25, -0.2) is 4.79 Å². The van der Waals surface area contributed by atoms with Gasteiger partial charge in [0.05, 0.1) is 11.6 Å². The molecule has 0 fully saturated rings. The molecular weight excluding hydrogens is 316 g/mol.